The molecule has 0 heterocycles. The van der Waals surface area contributed by atoms with E-state index in [4.69, 9.17) is 7.41 Å². The third kappa shape index (κ3) is 15.8. The van der Waals surface area contributed by atoms with Crippen LogP contribution in [0, 0.1) is 0 Å². The van der Waals surface area contributed by atoms with Crippen molar-refractivity contribution in [3.63, 3.8) is 0 Å². The maximum absolute atomic E-state index is 6.70. The molecule has 0 radical (unpaired) electrons. The minimum absolute atomic E-state index is 0.135. The molecule has 0 amide bonds. The Balaban J connectivity index is 4.70. The van der Waals surface area contributed by atoms with Gasteiger partial charge < -0.3 is 7.41 Å². The highest BCUT2D eigenvalue weighted by molar-refractivity contribution is 6.69. The molecule has 25 heavy (non-hydrogen) atoms. The summed E-state index contributed by atoms with van der Waals surface area (Å²) in [4.78, 5) is 0. The van der Waals surface area contributed by atoms with Crippen molar-refractivity contribution in [1.29, 1.82) is 0 Å². The zero-order valence-electron chi connectivity index (χ0n) is 18.2. The van der Waals surface area contributed by atoms with E-state index in [1.807, 2.05) is 0 Å². The van der Waals surface area contributed by atoms with Crippen LogP contribution in [0.25, 0.3) is 0 Å². The van der Waals surface area contributed by atoms with Gasteiger partial charge in [0, 0.05) is 0 Å². The normalized spacial score (nSPS) is 10.9. The largest absolute Gasteiger partial charge is 0.545 e. The Bertz CT molecular complexity index is 232. The van der Waals surface area contributed by atoms with Gasteiger partial charge >= 0.3 is 36.1 Å². The lowest BCUT2D eigenvalue weighted by Gasteiger charge is -2.25. The lowest BCUT2D eigenvalue weighted by Crippen LogP contribution is -2.37. The fourth-order valence-corrected chi connectivity index (χ4v) is 9.22. The van der Waals surface area contributed by atoms with E-state index >= 15 is 0 Å². The molecule has 146 valence electrons. The van der Waals surface area contributed by atoms with E-state index in [0.29, 0.717) is 0 Å². The van der Waals surface area contributed by atoms with Gasteiger partial charge in [-0.25, -0.2) is 0 Å². The van der Waals surface area contributed by atoms with Crippen LogP contribution in [-0.4, -0.2) is 36.1 Å². The summed E-state index contributed by atoms with van der Waals surface area (Å²) in [5.74, 6) is 0. The molecule has 0 rings (SSSR count). The van der Waals surface area contributed by atoms with Crippen LogP contribution in [0.15, 0.2) is 0 Å². The van der Waals surface area contributed by atoms with Crippen molar-refractivity contribution in [2.24, 2.45) is 0 Å². The minimum Gasteiger partial charge on any atom is -0.545 e. The van der Waals surface area contributed by atoms with Gasteiger partial charge in [0.15, 0.2) is 0 Å². The second-order valence-electron chi connectivity index (χ2n) is 7.66. The fraction of sp³-hybridized carbons (Fsp3) is 1.00. The predicted molar refractivity (Wildman–Crippen MR) is 118 cm³/mol. The second-order valence-corrected chi connectivity index (χ2v) is 13.0. The van der Waals surface area contributed by atoms with E-state index in [-0.39, 0.29) is 7.12 Å². The quantitative estimate of drug-likeness (QED) is 0.215. The Morgan fingerprint density at radius 3 is 1.12 bits per heavy atom. The topological polar surface area (TPSA) is 18.5 Å². The molecule has 0 unspecified atom stereocenters. The maximum atomic E-state index is 6.70. The zero-order valence-corrected chi connectivity index (χ0v) is 20.5. The molecule has 0 bridgehead atoms. The molecule has 0 aromatic heterocycles. The highest BCUT2D eigenvalue weighted by atomic mass is 27.2. The van der Waals surface area contributed by atoms with Crippen molar-refractivity contribution in [2.75, 3.05) is 0 Å². The van der Waals surface area contributed by atoms with Crippen molar-refractivity contribution in [1.82, 2.24) is 0 Å². The second kappa shape index (κ2) is 19.8. The van der Waals surface area contributed by atoms with Crippen LogP contribution in [-0.2, 0) is 7.41 Å². The van der Waals surface area contributed by atoms with E-state index < -0.39 is 29.0 Å². The highest BCUT2D eigenvalue weighted by Crippen LogP contribution is 2.19. The SMILES string of the molecule is CCCCB([O][Al]([CH2]CCC)[CH2]CCC)[O][Al]([CH2]CCC)[CH2]CCC. The van der Waals surface area contributed by atoms with Gasteiger partial charge in [-0.1, -0.05) is 120 Å². The lowest BCUT2D eigenvalue weighted by atomic mass is 9.84. The number of hydrogen-bond donors (Lipinski definition) is 0. The Hall–Kier alpha value is 1.05. The molecule has 0 atom stereocenters. The van der Waals surface area contributed by atoms with E-state index in [1.54, 1.807) is 0 Å². The molecule has 5 heteroatoms. The summed E-state index contributed by atoms with van der Waals surface area (Å²) >= 11 is -2.17. The highest BCUT2D eigenvalue weighted by Gasteiger charge is 2.31. The van der Waals surface area contributed by atoms with Crippen LogP contribution in [0.1, 0.15) is 98.8 Å². The van der Waals surface area contributed by atoms with E-state index in [2.05, 4.69) is 34.6 Å². The molecule has 0 N–H and O–H groups in total. The molecular weight excluding hydrogens is 337 g/mol. The van der Waals surface area contributed by atoms with Crippen LogP contribution in [0.2, 0.25) is 27.5 Å². The third-order valence-electron chi connectivity index (χ3n) is 5.00. The average molecular weight is 382 g/mol. The van der Waals surface area contributed by atoms with Gasteiger partial charge in [-0.3, -0.25) is 0 Å². The summed E-state index contributed by atoms with van der Waals surface area (Å²) in [5, 5.41) is 5.38. The van der Waals surface area contributed by atoms with Crippen molar-refractivity contribution < 1.29 is 7.41 Å². The maximum Gasteiger partial charge on any atom is 0.446 e. The lowest BCUT2D eigenvalue weighted by molar-refractivity contribution is 0.417. The third-order valence-corrected chi connectivity index (χ3v) is 10.6. The molecule has 0 saturated heterocycles. The Morgan fingerprint density at radius 2 is 0.840 bits per heavy atom. The van der Waals surface area contributed by atoms with Crippen molar-refractivity contribution >= 4 is 36.1 Å². The standard InChI is InChI=1S/C4H9BO2.4C4H9.2Al/c1-2-3-4-5(6)7;4*1-3-4-2;;/h2-4H2,1H3;4*1,3-4H2,2H3;;/q-2;;;;;2*+1. The molecular formula is C20H45Al2BO2. The van der Waals surface area contributed by atoms with Gasteiger partial charge in [0.2, 0.25) is 0 Å². The van der Waals surface area contributed by atoms with E-state index in [1.165, 1.54) is 85.3 Å². The average Bonchev–Trinajstić information content (AvgIpc) is 2.63. The summed E-state index contributed by atoms with van der Waals surface area (Å²) in [7, 11) is 0.135. The number of unbranched alkanes of at least 4 members (excludes halogenated alkanes) is 5. The van der Waals surface area contributed by atoms with Crippen LogP contribution in [0.5, 0.6) is 0 Å². The first-order chi connectivity index (χ1) is 12.2. The molecule has 0 aliphatic rings. The van der Waals surface area contributed by atoms with Crippen molar-refractivity contribution in [3.8, 4) is 0 Å². The number of hydrogen-bond acceptors (Lipinski definition) is 2. The minimum atomic E-state index is -1.09. The monoisotopic (exact) mass is 382 g/mol. The summed E-state index contributed by atoms with van der Waals surface area (Å²) in [6.07, 6.45) is 14.2. The first-order valence-electron chi connectivity index (χ1n) is 11.5. The van der Waals surface area contributed by atoms with Crippen LogP contribution < -0.4 is 0 Å². The van der Waals surface area contributed by atoms with Gasteiger partial charge in [0.05, 0.1) is 0 Å². The van der Waals surface area contributed by atoms with Crippen LogP contribution in [0.4, 0.5) is 0 Å². The number of rotatable bonds is 19. The van der Waals surface area contributed by atoms with Gasteiger partial charge in [0.25, 0.3) is 0 Å². The molecule has 0 aromatic carbocycles. The zero-order chi connectivity index (χ0) is 18.8. The van der Waals surface area contributed by atoms with E-state index in [9.17, 15) is 0 Å². The Morgan fingerprint density at radius 1 is 0.520 bits per heavy atom. The van der Waals surface area contributed by atoms with Gasteiger partial charge in [-0.2, -0.15) is 0 Å². The summed E-state index contributed by atoms with van der Waals surface area (Å²) in [5.41, 5.74) is 0. The molecule has 0 fully saturated rings. The van der Waals surface area contributed by atoms with Gasteiger partial charge in [-0.05, 0) is 6.32 Å². The smallest absolute Gasteiger partial charge is 0.446 e. The first kappa shape index (κ1) is 26.0. The molecule has 0 saturated carbocycles. The van der Waals surface area contributed by atoms with Crippen molar-refractivity contribution in [3.05, 3.63) is 0 Å². The molecule has 0 spiro atoms. The fourth-order valence-electron chi connectivity index (χ4n) is 3.26. The summed E-state index contributed by atoms with van der Waals surface area (Å²) < 4.78 is 13.4. The Kier molecular flexibility index (Phi) is 20.6. The predicted octanol–water partition coefficient (Wildman–Crippen LogP) is 7.49. The van der Waals surface area contributed by atoms with Gasteiger partial charge in [-0.15, -0.1) is 0 Å². The first-order valence-corrected chi connectivity index (χ1v) is 15.7. The Labute approximate surface area is 169 Å². The molecule has 0 aliphatic heterocycles. The summed E-state index contributed by atoms with van der Waals surface area (Å²) in [6.45, 7) is 11.5. The molecule has 0 aromatic rings. The van der Waals surface area contributed by atoms with Crippen LogP contribution in [0.3, 0.4) is 0 Å². The molecule has 2 nitrogen and oxygen atoms in total. The van der Waals surface area contributed by atoms with Crippen LogP contribution >= 0.6 is 0 Å². The van der Waals surface area contributed by atoms with E-state index in [0.717, 1.165) is 6.32 Å². The summed E-state index contributed by atoms with van der Waals surface area (Å²) in [6, 6.07) is 0. The van der Waals surface area contributed by atoms with Crippen molar-refractivity contribution in [2.45, 2.75) is 126 Å². The van der Waals surface area contributed by atoms with Gasteiger partial charge in [0.1, 0.15) is 0 Å². The molecule has 0 aliphatic carbocycles.